The van der Waals surface area contributed by atoms with Crippen molar-refractivity contribution in [3.63, 3.8) is 0 Å². The van der Waals surface area contributed by atoms with Crippen LogP contribution in [0.1, 0.15) is 65.9 Å². The van der Waals surface area contributed by atoms with Crippen LogP contribution in [-0.2, 0) is 0 Å². The lowest BCUT2D eigenvalue weighted by Crippen LogP contribution is -2.23. The molecule has 2 nitrogen and oxygen atoms in total. The van der Waals surface area contributed by atoms with E-state index in [0.717, 1.165) is 49.3 Å². The Morgan fingerprint density at radius 2 is 1.71 bits per heavy atom. The van der Waals surface area contributed by atoms with Crippen LogP contribution >= 0.6 is 0 Å². The third kappa shape index (κ3) is 14.3. The van der Waals surface area contributed by atoms with Crippen molar-refractivity contribution in [3.8, 4) is 5.75 Å². The van der Waals surface area contributed by atoms with E-state index in [9.17, 15) is 0 Å². The van der Waals surface area contributed by atoms with Crippen LogP contribution in [0.2, 0.25) is 0 Å². The monoisotopic (exact) mass is 333 g/mol. The predicted octanol–water partition coefficient (Wildman–Crippen LogP) is 6.18. The van der Waals surface area contributed by atoms with Crippen LogP contribution in [0, 0.1) is 11.8 Å². The van der Waals surface area contributed by atoms with Crippen LogP contribution < -0.4 is 10.1 Å². The van der Waals surface area contributed by atoms with E-state index in [-0.39, 0.29) is 0 Å². The molecule has 0 saturated heterocycles. The van der Waals surface area contributed by atoms with Crippen LogP contribution in [0.25, 0.3) is 6.08 Å². The van der Waals surface area contributed by atoms with Crippen LogP contribution in [0.5, 0.6) is 5.75 Å². The zero-order valence-electron chi connectivity index (χ0n) is 16.6. The van der Waals surface area contributed by atoms with Gasteiger partial charge in [0.05, 0.1) is 6.61 Å². The zero-order chi connectivity index (χ0) is 18.2. The molecular weight excluding hydrogens is 294 g/mol. The molecule has 0 saturated carbocycles. The molecule has 1 rings (SSSR count). The Morgan fingerprint density at radius 1 is 1.04 bits per heavy atom. The maximum absolute atomic E-state index is 5.65. The van der Waals surface area contributed by atoms with Gasteiger partial charge in [-0.2, -0.15) is 0 Å². The Balaban J connectivity index is 0.000000506. The number of hydrogen-bond acceptors (Lipinski definition) is 2. The molecule has 24 heavy (non-hydrogen) atoms. The lowest BCUT2D eigenvalue weighted by molar-refractivity contribution is 0.305. The van der Waals surface area contributed by atoms with Crippen molar-refractivity contribution in [3.05, 3.63) is 36.4 Å². The summed E-state index contributed by atoms with van der Waals surface area (Å²) in [5, 5.41) is 3.38. The molecule has 0 aliphatic rings. The molecule has 0 amide bonds. The third-order valence-corrected chi connectivity index (χ3v) is 3.47. The molecular formula is C22H39NO. The average molecular weight is 334 g/mol. The first-order chi connectivity index (χ1) is 11.5. The van der Waals surface area contributed by atoms with Gasteiger partial charge in [0, 0.05) is 0 Å². The normalized spacial score (nSPS) is 10.5. The fourth-order valence-electron chi connectivity index (χ4n) is 2.11. The van der Waals surface area contributed by atoms with Crippen LogP contribution in [0.15, 0.2) is 30.8 Å². The summed E-state index contributed by atoms with van der Waals surface area (Å²) < 4.78 is 5.65. The van der Waals surface area contributed by atoms with E-state index < -0.39 is 0 Å². The van der Waals surface area contributed by atoms with E-state index in [1.165, 1.54) is 19.3 Å². The molecule has 0 atom stereocenters. The van der Waals surface area contributed by atoms with Crippen molar-refractivity contribution in [1.82, 2.24) is 5.32 Å². The highest BCUT2D eigenvalue weighted by Crippen LogP contribution is 2.14. The van der Waals surface area contributed by atoms with Crippen molar-refractivity contribution in [2.75, 3.05) is 19.7 Å². The fourth-order valence-corrected chi connectivity index (χ4v) is 2.11. The SMILES string of the molecule is C=Cc1cccc(OCCCCCC)c1.CC(C)CNCC(C)C. The molecule has 0 unspecified atom stereocenters. The van der Waals surface area contributed by atoms with Gasteiger partial charge in [-0.1, -0.05) is 78.7 Å². The second-order valence-corrected chi connectivity index (χ2v) is 7.13. The van der Waals surface area contributed by atoms with Crippen LogP contribution in [0.3, 0.4) is 0 Å². The highest BCUT2D eigenvalue weighted by atomic mass is 16.5. The average Bonchev–Trinajstić information content (AvgIpc) is 2.55. The van der Waals surface area contributed by atoms with Gasteiger partial charge < -0.3 is 10.1 Å². The second kappa shape index (κ2) is 15.3. The number of ether oxygens (including phenoxy) is 1. The number of rotatable bonds is 11. The third-order valence-electron chi connectivity index (χ3n) is 3.47. The van der Waals surface area contributed by atoms with E-state index >= 15 is 0 Å². The van der Waals surface area contributed by atoms with Gasteiger partial charge in [0.2, 0.25) is 0 Å². The maximum atomic E-state index is 5.65. The summed E-state index contributed by atoms with van der Waals surface area (Å²) in [6, 6.07) is 8.04. The smallest absolute Gasteiger partial charge is 0.119 e. The number of hydrogen-bond donors (Lipinski definition) is 1. The highest BCUT2D eigenvalue weighted by Gasteiger charge is 1.95. The number of unbranched alkanes of at least 4 members (excludes halogenated alkanes) is 3. The van der Waals surface area contributed by atoms with Gasteiger partial charge in [0.25, 0.3) is 0 Å². The molecule has 0 fully saturated rings. The molecule has 0 aromatic heterocycles. The van der Waals surface area contributed by atoms with Gasteiger partial charge in [-0.25, -0.2) is 0 Å². The molecule has 1 aromatic rings. The summed E-state index contributed by atoms with van der Waals surface area (Å²) in [6.07, 6.45) is 6.82. The zero-order valence-corrected chi connectivity index (χ0v) is 16.6. The lowest BCUT2D eigenvalue weighted by Gasteiger charge is -2.08. The summed E-state index contributed by atoms with van der Waals surface area (Å²) in [6.45, 7) is 18.0. The molecule has 0 aliphatic heterocycles. The second-order valence-electron chi connectivity index (χ2n) is 7.13. The first kappa shape index (κ1) is 22.7. The summed E-state index contributed by atoms with van der Waals surface area (Å²) >= 11 is 0. The number of benzene rings is 1. The quantitative estimate of drug-likeness (QED) is 0.488. The highest BCUT2D eigenvalue weighted by molar-refractivity contribution is 5.49. The standard InChI is InChI=1S/C14H20O.C8H19N/c1-3-5-6-7-11-15-14-10-8-9-13(4-2)12-14;1-7(2)5-9-6-8(3)4/h4,8-10,12H,2-3,5-7,11H2,1H3;7-9H,5-6H2,1-4H3. The van der Waals surface area contributed by atoms with E-state index in [1.807, 2.05) is 30.3 Å². The molecule has 2 heteroatoms. The molecule has 1 N–H and O–H groups in total. The summed E-state index contributed by atoms with van der Waals surface area (Å²) in [4.78, 5) is 0. The van der Waals surface area contributed by atoms with Crippen molar-refractivity contribution in [2.45, 2.75) is 60.3 Å². The minimum atomic E-state index is 0.781. The number of nitrogens with one attached hydrogen (secondary N) is 1. The molecule has 0 radical (unpaired) electrons. The molecule has 0 bridgehead atoms. The molecule has 0 heterocycles. The molecule has 138 valence electrons. The first-order valence-electron chi connectivity index (χ1n) is 9.55. The Labute approximate surface area is 150 Å². The molecule has 0 spiro atoms. The Bertz CT molecular complexity index is 404. The van der Waals surface area contributed by atoms with E-state index in [1.54, 1.807) is 0 Å². The van der Waals surface area contributed by atoms with Gasteiger partial charge >= 0.3 is 0 Å². The fraction of sp³-hybridized carbons (Fsp3) is 0.636. The van der Waals surface area contributed by atoms with Crippen molar-refractivity contribution in [2.24, 2.45) is 11.8 Å². The summed E-state index contributed by atoms with van der Waals surface area (Å²) in [7, 11) is 0. The van der Waals surface area contributed by atoms with Crippen molar-refractivity contribution in [1.29, 1.82) is 0 Å². The van der Waals surface area contributed by atoms with E-state index in [0.29, 0.717) is 0 Å². The van der Waals surface area contributed by atoms with Crippen LogP contribution in [0.4, 0.5) is 0 Å². The minimum absolute atomic E-state index is 0.781. The van der Waals surface area contributed by atoms with Crippen molar-refractivity contribution < 1.29 is 4.74 Å². The van der Waals surface area contributed by atoms with Gasteiger partial charge in [0.1, 0.15) is 5.75 Å². The Kier molecular flexibility index (Phi) is 14.4. The van der Waals surface area contributed by atoms with Gasteiger partial charge in [0.15, 0.2) is 0 Å². The minimum Gasteiger partial charge on any atom is -0.494 e. The predicted molar refractivity (Wildman–Crippen MR) is 109 cm³/mol. The first-order valence-corrected chi connectivity index (χ1v) is 9.55. The van der Waals surface area contributed by atoms with Gasteiger partial charge in [-0.3, -0.25) is 0 Å². The van der Waals surface area contributed by atoms with Gasteiger partial charge in [-0.05, 0) is 49.0 Å². The summed E-state index contributed by atoms with van der Waals surface area (Å²) in [5.74, 6) is 2.51. The van der Waals surface area contributed by atoms with E-state index in [2.05, 4.69) is 46.5 Å². The largest absolute Gasteiger partial charge is 0.494 e. The molecule has 0 aliphatic carbocycles. The molecule has 1 aromatic carbocycles. The van der Waals surface area contributed by atoms with E-state index in [4.69, 9.17) is 4.74 Å². The Morgan fingerprint density at radius 3 is 2.25 bits per heavy atom. The van der Waals surface area contributed by atoms with Crippen LogP contribution in [-0.4, -0.2) is 19.7 Å². The lowest BCUT2D eigenvalue weighted by atomic mass is 10.2. The topological polar surface area (TPSA) is 21.3 Å². The van der Waals surface area contributed by atoms with Crippen molar-refractivity contribution >= 4 is 6.08 Å². The van der Waals surface area contributed by atoms with Gasteiger partial charge in [-0.15, -0.1) is 0 Å². The Hall–Kier alpha value is -1.28. The summed E-state index contributed by atoms with van der Waals surface area (Å²) in [5.41, 5.74) is 1.11. The maximum Gasteiger partial charge on any atom is 0.119 e.